The third-order valence-electron chi connectivity index (χ3n) is 2.94. The van der Waals surface area contributed by atoms with Gasteiger partial charge in [-0.15, -0.1) is 0 Å². The molecular formula is C13H12. The summed E-state index contributed by atoms with van der Waals surface area (Å²) < 4.78 is 0. The first-order chi connectivity index (χ1) is 6.43. The molecular weight excluding hydrogens is 156 g/mol. The maximum Gasteiger partial charge on any atom is 0.0207 e. The van der Waals surface area contributed by atoms with Crippen LogP contribution in [0.2, 0.25) is 0 Å². The third kappa shape index (κ3) is 1.06. The number of hydrogen-bond donors (Lipinski definition) is 0. The molecule has 64 valence electrons. The van der Waals surface area contributed by atoms with Crippen molar-refractivity contribution in [2.45, 2.75) is 12.8 Å². The lowest BCUT2D eigenvalue weighted by Crippen LogP contribution is -2.04. The molecule has 3 aliphatic carbocycles. The quantitative estimate of drug-likeness (QED) is 0.520. The lowest BCUT2D eigenvalue weighted by molar-refractivity contribution is 0.901. The van der Waals surface area contributed by atoms with E-state index in [9.17, 15) is 0 Å². The van der Waals surface area contributed by atoms with Gasteiger partial charge < -0.3 is 0 Å². The lowest BCUT2D eigenvalue weighted by atomic mass is 9.84. The fourth-order valence-corrected chi connectivity index (χ4v) is 2.22. The van der Waals surface area contributed by atoms with Crippen LogP contribution in [0.15, 0.2) is 59.3 Å². The molecule has 0 heteroatoms. The van der Waals surface area contributed by atoms with Crippen molar-refractivity contribution in [3.8, 4) is 0 Å². The minimum absolute atomic E-state index is 0.574. The van der Waals surface area contributed by atoms with Gasteiger partial charge in [-0.05, 0) is 29.6 Å². The summed E-state index contributed by atoms with van der Waals surface area (Å²) in [5.74, 6) is 0.574. The zero-order valence-corrected chi connectivity index (χ0v) is 7.53. The molecule has 0 fully saturated rings. The van der Waals surface area contributed by atoms with Gasteiger partial charge >= 0.3 is 0 Å². The predicted octanol–water partition coefficient (Wildman–Crippen LogP) is 3.32. The number of rotatable bonds is 0. The van der Waals surface area contributed by atoms with E-state index in [2.05, 4.69) is 42.5 Å². The van der Waals surface area contributed by atoms with Crippen LogP contribution >= 0.6 is 0 Å². The smallest absolute Gasteiger partial charge is 0.0207 e. The molecule has 0 saturated carbocycles. The van der Waals surface area contributed by atoms with E-state index in [1.807, 2.05) is 0 Å². The van der Waals surface area contributed by atoms with Crippen LogP contribution in [0.3, 0.4) is 0 Å². The Kier molecular flexibility index (Phi) is 1.42. The Morgan fingerprint density at radius 3 is 3.31 bits per heavy atom. The summed E-state index contributed by atoms with van der Waals surface area (Å²) in [7, 11) is 0. The average molecular weight is 168 g/mol. The molecule has 0 amide bonds. The molecule has 0 saturated heterocycles. The van der Waals surface area contributed by atoms with Crippen molar-refractivity contribution in [2.75, 3.05) is 0 Å². The van der Waals surface area contributed by atoms with E-state index in [0.29, 0.717) is 5.92 Å². The molecule has 0 aliphatic heterocycles. The molecule has 0 N–H and O–H groups in total. The van der Waals surface area contributed by atoms with Crippen LogP contribution in [-0.2, 0) is 0 Å². The van der Waals surface area contributed by atoms with Gasteiger partial charge in [0.1, 0.15) is 0 Å². The van der Waals surface area contributed by atoms with Gasteiger partial charge in [-0.3, -0.25) is 0 Å². The first-order valence-corrected chi connectivity index (χ1v) is 4.91. The zero-order chi connectivity index (χ0) is 8.67. The molecule has 0 aromatic heterocycles. The van der Waals surface area contributed by atoms with Gasteiger partial charge in [-0.1, -0.05) is 42.5 Å². The maximum atomic E-state index is 2.41. The highest BCUT2D eigenvalue weighted by atomic mass is 14.2. The highest BCUT2D eigenvalue weighted by Crippen LogP contribution is 2.35. The maximum absolute atomic E-state index is 2.41. The van der Waals surface area contributed by atoms with Gasteiger partial charge in [-0.2, -0.15) is 0 Å². The van der Waals surface area contributed by atoms with Crippen LogP contribution in [0.5, 0.6) is 0 Å². The summed E-state index contributed by atoms with van der Waals surface area (Å²) in [6, 6.07) is 0. The van der Waals surface area contributed by atoms with E-state index >= 15 is 0 Å². The van der Waals surface area contributed by atoms with E-state index < -0.39 is 0 Å². The summed E-state index contributed by atoms with van der Waals surface area (Å²) >= 11 is 0. The Hall–Kier alpha value is -1.30. The van der Waals surface area contributed by atoms with Crippen LogP contribution in [0, 0.1) is 5.92 Å². The topological polar surface area (TPSA) is 0 Å². The molecule has 0 aromatic rings. The summed E-state index contributed by atoms with van der Waals surface area (Å²) in [5.41, 5.74) is 4.42. The summed E-state index contributed by atoms with van der Waals surface area (Å²) in [5, 5.41) is 0. The number of allylic oxidation sites excluding steroid dienone is 10. The first-order valence-electron chi connectivity index (χ1n) is 4.91. The molecule has 0 radical (unpaired) electrons. The van der Waals surface area contributed by atoms with Crippen LogP contribution < -0.4 is 0 Å². The summed E-state index contributed by atoms with van der Waals surface area (Å²) in [6.07, 6.45) is 18.3. The van der Waals surface area contributed by atoms with Crippen LogP contribution in [0.25, 0.3) is 0 Å². The van der Waals surface area contributed by atoms with Gasteiger partial charge in [0.15, 0.2) is 0 Å². The van der Waals surface area contributed by atoms with E-state index in [-0.39, 0.29) is 0 Å². The van der Waals surface area contributed by atoms with Crippen LogP contribution in [0.4, 0.5) is 0 Å². The van der Waals surface area contributed by atoms with Crippen LogP contribution in [-0.4, -0.2) is 0 Å². The minimum atomic E-state index is 0.574. The van der Waals surface area contributed by atoms with Gasteiger partial charge in [0.2, 0.25) is 0 Å². The fraction of sp³-hybridized carbons (Fsp3) is 0.231. The molecule has 0 bridgehead atoms. The van der Waals surface area contributed by atoms with Crippen LogP contribution in [0.1, 0.15) is 12.8 Å². The summed E-state index contributed by atoms with van der Waals surface area (Å²) in [4.78, 5) is 0. The SMILES string of the molecule is C1=CC2C=C3CCC=CC3=CC2=C1. The van der Waals surface area contributed by atoms with E-state index in [0.717, 1.165) is 0 Å². The third-order valence-corrected chi connectivity index (χ3v) is 2.94. The Balaban J connectivity index is 2.09. The van der Waals surface area contributed by atoms with Crippen molar-refractivity contribution in [2.24, 2.45) is 5.92 Å². The van der Waals surface area contributed by atoms with Crippen molar-refractivity contribution in [3.63, 3.8) is 0 Å². The molecule has 0 heterocycles. The van der Waals surface area contributed by atoms with E-state index in [4.69, 9.17) is 0 Å². The fourth-order valence-electron chi connectivity index (χ4n) is 2.22. The Morgan fingerprint density at radius 2 is 2.31 bits per heavy atom. The molecule has 0 spiro atoms. The monoisotopic (exact) mass is 168 g/mol. The average Bonchev–Trinajstić information content (AvgIpc) is 2.61. The van der Waals surface area contributed by atoms with Crippen molar-refractivity contribution in [3.05, 3.63) is 59.3 Å². The largest absolute Gasteiger partial charge is 0.0836 e. The van der Waals surface area contributed by atoms with Gasteiger partial charge in [0, 0.05) is 5.92 Å². The zero-order valence-electron chi connectivity index (χ0n) is 7.53. The molecule has 3 aliphatic rings. The van der Waals surface area contributed by atoms with Crippen molar-refractivity contribution < 1.29 is 0 Å². The first kappa shape index (κ1) is 7.14. The normalized spacial score (nSPS) is 28.9. The lowest BCUT2D eigenvalue weighted by Gasteiger charge is -2.21. The Labute approximate surface area is 78.7 Å². The molecule has 13 heavy (non-hydrogen) atoms. The molecule has 1 atom stereocenters. The Bertz CT molecular complexity index is 386. The molecule has 0 nitrogen and oxygen atoms in total. The van der Waals surface area contributed by atoms with Crippen molar-refractivity contribution >= 4 is 0 Å². The minimum Gasteiger partial charge on any atom is -0.0836 e. The molecule has 0 aromatic carbocycles. The second kappa shape index (κ2) is 2.59. The second-order valence-electron chi connectivity index (χ2n) is 3.81. The van der Waals surface area contributed by atoms with Gasteiger partial charge in [0.05, 0.1) is 0 Å². The van der Waals surface area contributed by atoms with Gasteiger partial charge in [-0.25, -0.2) is 0 Å². The van der Waals surface area contributed by atoms with Crippen molar-refractivity contribution in [1.82, 2.24) is 0 Å². The number of hydrogen-bond acceptors (Lipinski definition) is 0. The van der Waals surface area contributed by atoms with Crippen molar-refractivity contribution in [1.29, 1.82) is 0 Å². The Morgan fingerprint density at radius 1 is 1.31 bits per heavy atom. The highest BCUT2D eigenvalue weighted by molar-refractivity contribution is 5.55. The molecule has 1 unspecified atom stereocenters. The van der Waals surface area contributed by atoms with Gasteiger partial charge in [0.25, 0.3) is 0 Å². The number of fused-ring (bicyclic) bond motifs is 2. The predicted molar refractivity (Wildman–Crippen MR) is 55.3 cm³/mol. The standard InChI is InChI=1S/C13H12/c1-2-5-11-9-13-7-3-6-12(13)8-10(11)4-1/h1,3-4,6-9,13H,2,5H2. The second-order valence-corrected chi connectivity index (χ2v) is 3.81. The van der Waals surface area contributed by atoms with E-state index in [1.54, 1.807) is 0 Å². The highest BCUT2D eigenvalue weighted by Gasteiger charge is 2.19. The molecule has 3 rings (SSSR count). The van der Waals surface area contributed by atoms with E-state index in [1.165, 1.54) is 29.6 Å². The summed E-state index contributed by atoms with van der Waals surface area (Å²) in [6.45, 7) is 0.